The van der Waals surface area contributed by atoms with E-state index in [9.17, 15) is 0 Å². The Labute approximate surface area is 126 Å². The molecule has 2 N–H and O–H groups in total. The molecule has 0 saturated heterocycles. The summed E-state index contributed by atoms with van der Waals surface area (Å²) in [4.78, 5) is 0. The van der Waals surface area contributed by atoms with E-state index in [2.05, 4.69) is 22.4 Å². The fraction of sp³-hybridized carbons (Fsp3) is 0.133. The van der Waals surface area contributed by atoms with Gasteiger partial charge < -0.3 is 5.32 Å². The van der Waals surface area contributed by atoms with Crippen LogP contribution in [0, 0.1) is 0 Å². The number of rotatable bonds is 3. The van der Waals surface area contributed by atoms with Gasteiger partial charge in [0.15, 0.2) is 0 Å². The quantitative estimate of drug-likeness (QED) is 0.711. The zero-order valence-electron chi connectivity index (χ0n) is 10.8. The standard InChI is InChI=1S/C15H13Cl2N3/c1-9(10-5-6-12(16)13(17)7-10)19-14-4-2-3-11-8-18-20-15(11)14/h2-9,19H,1H3,(H,18,20). The molecule has 0 aliphatic rings. The van der Waals surface area contributed by atoms with Gasteiger partial charge >= 0.3 is 0 Å². The predicted molar refractivity (Wildman–Crippen MR) is 84.6 cm³/mol. The number of nitrogens with zero attached hydrogens (tertiary/aromatic N) is 1. The molecular formula is C15H13Cl2N3. The SMILES string of the molecule is CC(Nc1cccc2cn[nH]c12)c1ccc(Cl)c(Cl)c1. The second-order valence-electron chi connectivity index (χ2n) is 4.68. The van der Waals surface area contributed by atoms with E-state index in [4.69, 9.17) is 23.2 Å². The molecule has 1 heterocycles. The van der Waals surface area contributed by atoms with Crippen molar-refractivity contribution in [1.29, 1.82) is 0 Å². The van der Waals surface area contributed by atoms with Gasteiger partial charge in [-0.15, -0.1) is 0 Å². The number of aromatic nitrogens is 2. The minimum atomic E-state index is 0.110. The fourth-order valence-electron chi connectivity index (χ4n) is 2.19. The van der Waals surface area contributed by atoms with E-state index >= 15 is 0 Å². The Morgan fingerprint density at radius 2 is 2.00 bits per heavy atom. The van der Waals surface area contributed by atoms with Crippen LogP contribution >= 0.6 is 23.2 Å². The molecule has 0 bridgehead atoms. The van der Waals surface area contributed by atoms with Gasteiger partial charge in [0.25, 0.3) is 0 Å². The second-order valence-corrected chi connectivity index (χ2v) is 5.49. The van der Waals surface area contributed by atoms with E-state index in [0.717, 1.165) is 22.2 Å². The summed E-state index contributed by atoms with van der Waals surface area (Å²) < 4.78 is 0. The lowest BCUT2D eigenvalue weighted by atomic mass is 10.1. The average molecular weight is 306 g/mol. The van der Waals surface area contributed by atoms with Gasteiger partial charge in [0.1, 0.15) is 0 Å². The van der Waals surface area contributed by atoms with Gasteiger partial charge in [-0.1, -0.05) is 41.4 Å². The second kappa shape index (κ2) is 5.35. The van der Waals surface area contributed by atoms with Gasteiger partial charge in [-0.2, -0.15) is 5.10 Å². The van der Waals surface area contributed by atoms with Crippen molar-refractivity contribution in [3.05, 3.63) is 58.2 Å². The first-order valence-electron chi connectivity index (χ1n) is 6.29. The van der Waals surface area contributed by atoms with Crippen LogP contribution in [0.5, 0.6) is 0 Å². The third kappa shape index (κ3) is 2.47. The zero-order chi connectivity index (χ0) is 14.1. The van der Waals surface area contributed by atoms with Gasteiger partial charge in [0, 0.05) is 11.4 Å². The molecule has 0 aliphatic carbocycles. The van der Waals surface area contributed by atoms with Crippen molar-refractivity contribution < 1.29 is 0 Å². The molecule has 102 valence electrons. The molecule has 0 fully saturated rings. The van der Waals surface area contributed by atoms with Crippen molar-refractivity contribution >= 4 is 39.8 Å². The maximum atomic E-state index is 6.06. The van der Waals surface area contributed by atoms with E-state index in [1.54, 1.807) is 0 Å². The van der Waals surface area contributed by atoms with E-state index in [-0.39, 0.29) is 6.04 Å². The van der Waals surface area contributed by atoms with Gasteiger partial charge in [-0.25, -0.2) is 0 Å². The number of fused-ring (bicyclic) bond motifs is 1. The highest BCUT2D eigenvalue weighted by Crippen LogP contribution is 2.29. The number of para-hydroxylation sites is 1. The summed E-state index contributed by atoms with van der Waals surface area (Å²) in [5.74, 6) is 0. The van der Waals surface area contributed by atoms with Crippen molar-refractivity contribution in [2.75, 3.05) is 5.32 Å². The molecule has 20 heavy (non-hydrogen) atoms. The van der Waals surface area contributed by atoms with Crippen LogP contribution in [0.2, 0.25) is 10.0 Å². The minimum absolute atomic E-state index is 0.110. The summed E-state index contributed by atoms with van der Waals surface area (Å²) in [7, 11) is 0. The molecule has 3 aromatic rings. The van der Waals surface area contributed by atoms with Gasteiger partial charge in [-0.05, 0) is 30.7 Å². The lowest BCUT2D eigenvalue weighted by Gasteiger charge is -2.16. The van der Waals surface area contributed by atoms with E-state index in [1.807, 2.05) is 42.6 Å². The Morgan fingerprint density at radius 3 is 2.80 bits per heavy atom. The normalized spacial score (nSPS) is 12.6. The van der Waals surface area contributed by atoms with Crippen LogP contribution in [0.15, 0.2) is 42.6 Å². The minimum Gasteiger partial charge on any atom is -0.377 e. The highest BCUT2D eigenvalue weighted by atomic mass is 35.5. The number of hydrogen-bond acceptors (Lipinski definition) is 2. The highest BCUT2D eigenvalue weighted by Gasteiger charge is 2.10. The largest absolute Gasteiger partial charge is 0.377 e. The lowest BCUT2D eigenvalue weighted by Crippen LogP contribution is -2.07. The number of aromatic amines is 1. The molecule has 0 saturated carbocycles. The predicted octanol–water partition coefficient (Wildman–Crippen LogP) is 5.04. The van der Waals surface area contributed by atoms with Crippen molar-refractivity contribution in [3.8, 4) is 0 Å². The molecule has 2 aromatic carbocycles. The average Bonchev–Trinajstić information content (AvgIpc) is 2.91. The van der Waals surface area contributed by atoms with E-state index in [1.165, 1.54) is 0 Å². The molecule has 1 unspecified atom stereocenters. The van der Waals surface area contributed by atoms with E-state index < -0.39 is 0 Å². The molecule has 0 amide bonds. The van der Waals surface area contributed by atoms with Crippen LogP contribution in [-0.2, 0) is 0 Å². The van der Waals surface area contributed by atoms with Crippen LogP contribution in [0.4, 0.5) is 5.69 Å². The van der Waals surface area contributed by atoms with Gasteiger partial charge in [0.05, 0.1) is 27.4 Å². The Bertz CT molecular complexity index is 752. The summed E-state index contributed by atoms with van der Waals surface area (Å²) in [5.41, 5.74) is 3.09. The first-order valence-corrected chi connectivity index (χ1v) is 7.04. The van der Waals surface area contributed by atoms with Gasteiger partial charge in [0.2, 0.25) is 0 Å². The van der Waals surface area contributed by atoms with Crippen LogP contribution in [0.1, 0.15) is 18.5 Å². The zero-order valence-corrected chi connectivity index (χ0v) is 12.3. The first kappa shape index (κ1) is 13.3. The number of halogens is 2. The number of anilines is 1. The van der Waals surface area contributed by atoms with Crippen LogP contribution in [0.25, 0.3) is 10.9 Å². The Hall–Kier alpha value is -1.71. The molecule has 3 nitrogen and oxygen atoms in total. The molecular weight excluding hydrogens is 293 g/mol. The third-order valence-electron chi connectivity index (χ3n) is 3.29. The maximum Gasteiger partial charge on any atom is 0.0881 e. The summed E-state index contributed by atoms with van der Waals surface area (Å²) >= 11 is 12.0. The number of nitrogens with one attached hydrogen (secondary N) is 2. The highest BCUT2D eigenvalue weighted by molar-refractivity contribution is 6.42. The van der Waals surface area contributed by atoms with Gasteiger partial charge in [-0.3, -0.25) is 5.10 Å². The molecule has 3 rings (SSSR count). The van der Waals surface area contributed by atoms with Crippen molar-refractivity contribution in [2.45, 2.75) is 13.0 Å². The molecule has 0 radical (unpaired) electrons. The molecule has 1 atom stereocenters. The Balaban J connectivity index is 1.90. The third-order valence-corrected chi connectivity index (χ3v) is 4.03. The fourth-order valence-corrected chi connectivity index (χ4v) is 2.49. The number of H-pyrrole nitrogens is 1. The number of benzene rings is 2. The smallest absolute Gasteiger partial charge is 0.0881 e. The van der Waals surface area contributed by atoms with Crippen LogP contribution in [0.3, 0.4) is 0 Å². The van der Waals surface area contributed by atoms with E-state index in [0.29, 0.717) is 10.0 Å². The molecule has 1 aromatic heterocycles. The first-order chi connectivity index (χ1) is 9.65. The Kier molecular flexibility index (Phi) is 3.55. The van der Waals surface area contributed by atoms with Crippen LogP contribution in [-0.4, -0.2) is 10.2 Å². The van der Waals surface area contributed by atoms with Crippen molar-refractivity contribution in [1.82, 2.24) is 10.2 Å². The number of hydrogen-bond donors (Lipinski definition) is 2. The Morgan fingerprint density at radius 1 is 1.15 bits per heavy atom. The molecule has 5 heteroatoms. The summed E-state index contributed by atoms with van der Waals surface area (Å²) in [5, 5.41) is 12.7. The lowest BCUT2D eigenvalue weighted by molar-refractivity contribution is 0.886. The monoisotopic (exact) mass is 305 g/mol. The summed E-state index contributed by atoms with van der Waals surface area (Å²) in [6, 6.07) is 11.8. The van der Waals surface area contributed by atoms with Crippen molar-refractivity contribution in [3.63, 3.8) is 0 Å². The van der Waals surface area contributed by atoms with Crippen molar-refractivity contribution in [2.24, 2.45) is 0 Å². The summed E-state index contributed by atoms with van der Waals surface area (Å²) in [6.45, 7) is 2.08. The molecule has 0 spiro atoms. The van der Waals surface area contributed by atoms with Crippen LogP contribution < -0.4 is 5.32 Å². The maximum absolute atomic E-state index is 6.06. The molecule has 0 aliphatic heterocycles. The topological polar surface area (TPSA) is 40.7 Å². The summed E-state index contributed by atoms with van der Waals surface area (Å²) in [6.07, 6.45) is 1.81.